The highest BCUT2D eigenvalue weighted by Gasteiger charge is 2.53. The van der Waals surface area contributed by atoms with Crippen molar-refractivity contribution in [3.63, 3.8) is 0 Å². The molecule has 5 atom stereocenters. The lowest BCUT2D eigenvalue weighted by Gasteiger charge is -2.34. The number of anilines is 1. The highest BCUT2D eigenvalue weighted by Crippen LogP contribution is 2.55. The second-order valence-corrected chi connectivity index (χ2v) is 6.59. The molecule has 2 saturated heterocycles. The standard InChI is InChI=1S/C10H11BN5O5P/c11-22(18)19-1-4-7(21-22)6(17)10(20-4)16-3-15-5-8(12)13-2-14-9(5)16/h2-4,6-7,10,17H,1H2,(H2,12,13,14)/t4-,6-,7-,10-,22?/m1/s1. The lowest BCUT2D eigenvalue weighted by atomic mass is 10.1. The Hall–Kier alpha value is -1.36. The van der Waals surface area contributed by atoms with Gasteiger partial charge in [0.25, 0.3) is 0 Å². The van der Waals surface area contributed by atoms with Crippen molar-refractivity contribution in [2.45, 2.75) is 24.5 Å². The van der Waals surface area contributed by atoms with Gasteiger partial charge in [-0.2, -0.15) is 0 Å². The summed E-state index contributed by atoms with van der Waals surface area (Å²) < 4.78 is 17.2. The van der Waals surface area contributed by atoms with Gasteiger partial charge in [0.2, 0.25) is 0 Å². The van der Waals surface area contributed by atoms with Crippen LogP contribution in [0, 0.1) is 0 Å². The summed E-state index contributed by atoms with van der Waals surface area (Å²) in [5, 5.41) is 10.4. The number of nitrogens with two attached hydrogens (primary N) is 1. The van der Waals surface area contributed by atoms with E-state index in [1.165, 1.54) is 17.2 Å². The summed E-state index contributed by atoms with van der Waals surface area (Å²) in [6, 6.07) is 0. The van der Waals surface area contributed by atoms with Crippen molar-refractivity contribution in [3.05, 3.63) is 12.7 Å². The molecule has 0 amide bonds. The number of aliphatic hydroxyl groups is 1. The summed E-state index contributed by atoms with van der Waals surface area (Å²) >= 11 is 0. The van der Waals surface area contributed by atoms with Gasteiger partial charge in [0.1, 0.15) is 30.7 Å². The summed E-state index contributed by atoms with van der Waals surface area (Å²) in [7, 11) is 1.69. The minimum absolute atomic E-state index is 0.0320. The predicted molar refractivity (Wildman–Crippen MR) is 73.2 cm³/mol. The van der Waals surface area contributed by atoms with Crippen molar-refractivity contribution in [1.82, 2.24) is 19.5 Å². The smallest absolute Gasteiger partial charge is 0.437 e. The minimum atomic E-state index is -3.66. The van der Waals surface area contributed by atoms with Crippen molar-refractivity contribution < 1.29 is 23.8 Å². The molecule has 0 spiro atoms. The van der Waals surface area contributed by atoms with Crippen LogP contribution in [0.1, 0.15) is 6.23 Å². The third kappa shape index (κ3) is 2.09. The molecule has 114 valence electrons. The van der Waals surface area contributed by atoms with Crippen LogP contribution < -0.4 is 10.6 Å². The number of aromatic nitrogens is 4. The average Bonchev–Trinajstić information content (AvgIpc) is 3.01. The third-order valence-electron chi connectivity index (χ3n) is 3.66. The van der Waals surface area contributed by atoms with Crippen LogP contribution in [0.25, 0.3) is 11.2 Å². The first-order valence-corrected chi connectivity index (χ1v) is 8.05. The Labute approximate surface area is 126 Å². The van der Waals surface area contributed by atoms with Crippen LogP contribution in [0.3, 0.4) is 0 Å². The molecule has 0 saturated carbocycles. The van der Waals surface area contributed by atoms with E-state index < -0.39 is 32.4 Å². The monoisotopic (exact) mass is 323 g/mol. The van der Waals surface area contributed by atoms with Crippen molar-refractivity contribution in [2.75, 3.05) is 12.3 Å². The number of hydrogen-bond acceptors (Lipinski definition) is 9. The van der Waals surface area contributed by atoms with Crippen LogP contribution in [-0.2, 0) is 13.8 Å². The lowest BCUT2D eigenvalue weighted by molar-refractivity contribution is -0.230. The zero-order valence-corrected chi connectivity index (χ0v) is 12.0. The number of aliphatic hydroxyl groups excluding tert-OH is 1. The maximum atomic E-state index is 11.7. The summed E-state index contributed by atoms with van der Waals surface area (Å²) in [6.45, 7) is -0.0320. The first-order valence-electron chi connectivity index (χ1n) is 6.44. The quantitative estimate of drug-likeness (QED) is 0.463. The Morgan fingerprint density at radius 2 is 2.27 bits per heavy atom. The van der Waals surface area contributed by atoms with Gasteiger partial charge in [0.05, 0.1) is 6.33 Å². The first kappa shape index (κ1) is 14.3. The Kier molecular flexibility index (Phi) is 3.12. The van der Waals surface area contributed by atoms with Crippen LogP contribution in [0.2, 0.25) is 0 Å². The maximum Gasteiger partial charge on any atom is 0.437 e. The molecule has 0 aliphatic carbocycles. The van der Waals surface area contributed by atoms with Gasteiger partial charge in [-0.05, 0) is 0 Å². The number of fused-ring (bicyclic) bond motifs is 2. The third-order valence-corrected chi connectivity index (χ3v) is 4.70. The summed E-state index contributed by atoms with van der Waals surface area (Å²) in [5.41, 5.74) is 6.53. The summed E-state index contributed by atoms with van der Waals surface area (Å²) in [5.74, 6) is 0.222. The van der Waals surface area contributed by atoms with E-state index in [9.17, 15) is 10.00 Å². The molecule has 0 aromatic carbocycles. The molecule has 2 radical (unpaired) electrons. The fourth-order valence-corrected chi connectivity index (χ4v) is 3.66. The van der Waals surface area contributed by atoms with Gasteiger partial charge in [-0.3, -0.25) is 4.57 Å². The molecule has 4 heterocycles. The highest BCUT2D eigenvalue weighted by molar-refractivity contribution is 7.84. The number of nitrogen functional groups attached to an aromatic ring is 1. The second kappa shape index (κ2) is 4.82. The number of ether oxygens (including phenoxy) is 1. The largest absolute Gasteiger partial charge is 0.647 e. The van der Waals surface area contributed by atoms with E-state index in [4.69, 9.17) is 27.1 Å². The normalized spacial score (nSPS) is 38.3. The Morgan fingerprint density at radius 3 is 3.09 bits per heavy atom. The van der Waals surface area contributed by atoms with E-state index in [1.54, 1.807) is 0 Å². The van der Waals surface area contributed by atoms with Gasteiger partial charge in [0, 0.05) is 0 Å². The van der Waals surface area contributed by atoms with Gasteiger partial charge in [-0.1, -0.05) is 0 Å². The van der Waals surface area contributed by atoms with Crippen LogP contribution >= 0.6 is 7.82 Å². The van der Waals surface area contributed by atoms with Crippen molar-refractivity contribution in [2.24, 2.45) is 0 Å². The Balaban J connectivity index is 1.70. The van der Waals surface area contributed by atoms with E-state index in [1.807, 2.05) is 0 Å². The van der Waals surface area contributed by atoms with Crippen LogP contribution in [0.15, 0.2) is 12.7 Å². The molecule has 0 bridgehead atoms. The molecular weight excluding hydrogens is 312 g/mol. The number of rotatable bonds is 1. The molecular formula is C10H11BN5O5P. The van der Waals surface area contributed by atoms with Gasteiger partial charge in [-0.25, -0.2) is 24.0 Å². The SMILES string of the molecule is [B][P+]1([O-])OC[C@H]2O[C@@H](n3cnc4c(N)ncnc43)[C@H](O)[C@@H]2O1. The van der Waals surface area contributed by atoms with Crippen molar-refractivity contribution in [3.8, 4) is 0 Å². The van der Waals surface area contributed by atoms with E-state index in [0.717, 1.165) is 0 Å². The molecule has 22 heavy (non-hydrogen) atoms. The van der Waals surface area contributed by atoms with Crippen molar-refractivity contribution in [1.29, 1.82) is 0 Å². The molecule has 2 aliphatic heterocycles. The second-order valence-electron chi connectivity index (χ2n) is 5.04. The number of nitrogens with zero attached hydrogens (tertiary/aromatic N) is 4. The fraction of sp³-hybridized carbons (Fsp3) is 0.500. The van der Waals surface area contributed by atoms with E-state index in [2.05, 4.69) is 15.0 Å². The van der Waals surface area contributed by atoms with Gasteiger partial charge in [-0.15, -0.1) is 0 Å². The molecule has 12 heteroatoms. The number of hydrogen-bond donors (Lipinski definition) is 2. The lowest BCUT2D eigenvalue weighted by Crippen LogP contribution is -2.43. The molecule has 4 rings (SSSR count). The predicted octanol–water partition coefficient (Wildman–Crippen LogP) is -1.71. The highest BCUT2D eigenvalue weighted by atomic mass is 31.2. The maximum absolute atomic E-state index is 11.7. The molecule has 3 N–H and O–H groups in total. The van der Waals surface area contributed by atoms with E-state index in [0.29, 0.717) is 11.2 Å². The van der Waals surface area contributed by atoms with E-state index in [-0.39, 0.29) is 12.4 Å². The fourth-order valence-electron chi connectivity index (χ4n) is 2.65. The molecule has 10 nitrogen and oxygen atoms in total. The zero-order valence-electron chi connectivity index (χ0n) is 11.1. The summed E-state index contributed by atoms with van der Waals surface area (Å²) in [6.07, 6.45) is -0.675. The molecule has 1 unspecified atom stereocenters. The molecule has 2 aliphatic rings. The van der Waals surface area contributed by atoms with Crippen LogP contribution in [-0.4, -0.2) is 57.1 Å². The van der Waals surface area contributed by atoms with Gasteiger partial charge in [0.15, 0.2) is 31.6 Å². The van der Waals surface area contributed by atoms with Crippen LogP contribution in [0.4, 0.5) is 5.82 Å². The molecule has 2 aromatic rings. The minimum Gasteiger partial charge on any atom is -0.647 e. The van der Waals surface area contributed by atoms with Crippen molar-refractivity contribution >= 4 is 32.4 Å². The van der Waals surface area contributed by atoms with Gasteiger partial charge >= 0.3 is 7.57 Å². The van der Waals surface area contributed by atoms with E-state index >= 15 is 0 Å². The molecule has 2 fully saturated rings. The summed E-state index contributed by atoms with van der Waals surface area (Å²) in [4.78, 5) is 23.7. The average molecular weight is 323 g/mol. The van der Waals surface area contributed by atoms with Crippen LogP contribution in [0.5, 0.6) is 0 Å². The van der Waals surface area contributed by atoms with Gasteiger partial charge < -0.3 is 20.5 Å². The Bertz CT molecular complexity index is 729. The molecule has 2 aromatic heterocycles. The number of imidazole rings is 1. The topological polar surface area (TPSA) is 141 Å². The zero-order chi connectivity index (χ0) is 15.5. The first-order chi connectivity index (χ1) is 10.5. The Morgan fingerprint density at radius 1 is 1.45 bits per heavy atom.